The van der Waals surface area contributed by atoms with E-state index in [9.17, 15) is 9.59 Å². The second kappa shape index (κ2) is 7.89. The summed E-state index contributed by atoms with van der Waals surface area (Å²) >= 11 is 6.00. The lowest BCUT2D eigenvalue weighted by Crippen LogP contribution is -2.36. The number of benzene rings is 3. The summed E-state index contributed by atoms with van der Waals surface area (Å²) in [7, 11) is 0. The Balaban J connectivity index is 1.73. The van der Waals surface area contributed by atoms with Gasteiger partial charge in [-0.25, -0.2) is 5.43 Å². The molecule has 144 valence electrons. The summed E-state index contributed by atoms with van der Waals surface area (Å²) in [6, 6.07) is 22.1. The Morgan fingerprint density at radius 2 is 1.62 bits per heavy atom. The van der Waals surface area contributed by atoms with E-state index in [1.54, 1.807) is 24.3 Å². The zero-order valence-corrected chi connectivity index (χ0v) is 16.5. The monoisotopic (exact) mass is 403 g/mol. The number of hydrogen-bond donors (Lipinski definition) is 1. The van der Waals surface area contributed by atoms with E-state index in [1.807, 2.05) is 55.5 Å². The second-order valence-electron chi connectivity index (χ2n) is 6.82. The summed E-state index contributed by atoms with van der Waals surface area (Å²) in [5.41, 5.74) is 5.61. The lowest BCUT2D eigenvalue weighted by atomic mass is 10.1. The highest BCUT2D eigenvalue weighted by Crippen LogP contribution is 2.25. The maximum atomic E-state index is 12.9. The van der Waals surface area contributed by atoms with Crippen LogP contribution in [0.1, 0.15) is 11.1 Å². The standard InChI is InChI=1S/C23H18ClN3O2/c1-15-6-8-16(9-7-15)14-21(28)25-27-23(29)20-5-3-2-4-19(20)22(26-27)17-10-12-18(24)13-11-17/h2-13H,14H2,1H3,(H,25,28). The van der Waals surface area contributed by atoms with Crippen LogP contribution in [-0.4, -0.2) is 15.8 Å². The molecule has 0 spiro atoms. The molecular formula is C23H18ClN3O2. The molecule has 0 radical (unpaired) electrons. The minimum atomic E-state index is -0.379. The second-order valence-corrected chi connectivity index (χ2v) is 7.25. The van der Waals surface area contributed by atoms with Crippen LogP contribution in [0, 0.1) is 6.92 Å². The third kappa shape index (κ3) is 4.05. The lowest BCUT2D eigenvalue weighted by molar-refractivity contribution is -0.116. The van der Waals surface area contributed by atoms with Crippen molar-refractivity contribution in [2.24, 2.45) is 0 Å². The SMILES string of the molecule is Cc1ccc(CC(=O)Nn2nc(-c3ccc(Cl)cc3)c3ccccc3c2=O)cc1. The van der Waals surface area contributed by atoms with Crippen molar-refractivity contribution in [3.63, 3.8) is 0 Å². The minimum Gasteiger partial charge on any atom is -0.273 e. The summed E-state index contributed by atoms with van der Waals surface area (Å²) in [5, 5.41) is 6.22. The Labute approximate surface area is 172 Å². The third-order valence-corrected chi connectivity index (χ3v) is 4.89. The number of halogens is 1. The minimum absolute atomic E-state index is 0.150. The van der Waals surface area contributed by atoms with Crippen molar-refractivity contribution >= 4 is 28.3 Å². The number of amides is 1. The molecule has 5 nitrogen and oxygen atoms in total. The van der Waals surface area contributed by atoms with Gasteiger partial charge in [0.15, 0.2) is 0 Å². The van der Waals surface area contributed by atoms with E-state index >= 15 is 0 Å². The van der Waals surface area contributed by atoms with Gasteiger partial charge in [-0.1, -0.05) is 71.8 Å². The van der Waals surface area contributed by atoms with Crippen molar-refractivity contribution in [1.29, 1.82) is 0 Å². The molecule has 0 fully saturated rings. The molecule has 0 unspecified atom stereocenters. The zero-order chi connectivity index (χ0) is 20.4. The molecule has 0 aliphatic heterocycles. The van der Waals surface area contributed by atoms with Gasteiger partial charge in [-0.2, -0.15) is 0 Å². The summed E-state index contributed by atoms with van der Waals surface area (Å²) in [4.78, 5) is 26.4. The molecule has 4 aromatic rings. The van der Waals surface area contributed by atoms with Crippen LogP contribution in [-0.2, 0) is 11.2 Å². The number of hydrogen-bond acceptors (Lipinski definition) is 3. The highest BCUT2D eigenvalue weighted by molar-refractivity contribution is 6.30. The van der Waals surface area contributed by atoms with Gasteiger partial charge in [-0.3, -0.25) is 9.59 Å². The average molecular weight is 404 g/mol. The van der Waals surface area contributed by atoms with Crippen LogP contribution in [0.25, 0.3) is 22.0 Å². The van der Waals surface area contributed by atoms with Crippen LogP contribution in [0.2, 0.25) is 5.02 Å². The highest BCUT2D eigenvalue weighted by atomic mass is 35.5. The van der Waals surface area contributed by atoms with Crippen LogP contribution in [0.3, 0.4) is 0 Å². The number of nitrogens with one attached hydrogen (secondary N) is 1. The van der Waals surface area contributed by atoms with Gasteiger partial charge in [-0.15, -0.1) is 9.89 Å². The fraction of sp³-hybridized carbons (Fsp3) is 0.0870. The van der Waals surface area contributed by atoms with E-state index in [0.717, 1.165) is 21.5 Å². The van der Waals surface area contributed by atoms with Crippen molar-refractivity contribution in [2.75, 3.05) is 5.43 Å². The van der Waals surface area contributed by atoms with Gasteiger partial charge in [0.1, 0.15) is 5.69 Å². The predicted molar refractivity (Wildman–Crippen MR) is 116 cm³/mol. The molecule has 3 aromatic carbocycles. The molecule has 1 N–H and O–H groups in total. The van der Waals surface area contributed by atoms with Crippen molar-refractivity contribution in [1.82, 2.24) is 9.89 Å². The maximum absolute atomic E-state index is 12.9. The van der Waals surface area contributed by atoms with Crippen molar-refractivity contribution in [2.45, 2.75) is 13.3 Å². The number of nitrogens with zero attached hydrogens (tertiary/aromatic N) is 2. The average Bonchev–Trinajstić information content (AvgIpc) is 2.73. The first-order valence-corrected chi connectivity index (χ1v) is 9.52. The molecule has 1 aromatic heterocycles. The third-order valence-electron chi connectivity index (χ3n) is 4.64. The Morgan fingerprint density at radius 3 is 2.31 bits per heavy atom. The molecule has 1 heterocycles. The van der Waals surface area contributed by atoms with Gasteiger partial charge >= 0.3 is 0 Å². The molecule has 0 bridgehead atoms. The Hall–Kier alpha value is -3.44. The van der Waals surface area contributed by atoms with Crippen LogP contribution in [0.4, 0.5) is 0 Å². The smallest absolute Gasteiger partial charge is 0.273 e. The number of aromatic nitrogens is 2. The molecule has 0 saturated heterocycles. The fourth-order valence-corrected chi connectivity index (χ4v) is 3.26. The number of carbonyl (C=O) groups excluding carboxylic acids is 1. The first kappa shape index (κ1) is 18.9. The van der Waals surface area contributed by atoms with E-state index in [2.05, 4.69) is 10.5 Å². The number of carbonyl (C=O) groups is 1. The van der Waals surface area contributed by atoms with E-state index in [0.29, 0.717) is 21.5 Å². The Morgan fingerprint density at radius 1 is 0.966 bits per heavy atom. The van der Waals surface area contributed by atoms with Gasteiger partial charge in [0.05, 0.1) is 11.8 Å². The van der Waals surface area contributed by atoms with Gasteiger partial charge in [0, 0.05) is 16.0 Å². The van der Waals surface area contributed by atoms with E-state index in [4.69, 9.17) is 11.6 Å². The maximum Gasteiger partial charge on any atom is 0.294 e. The van der Waals surface area contributed by atoms with Gasteiger partial charge < -0.3 is 0 Å². The molecule has 1 amide bonds. The predicted octanol–water partition coefficient (Wildman–Crippen LogP) is 4.34. The zero-order valence-electron chi connectivity index (χ0n) is 15.7. The topological polar surface area (TPSA) is 64.0 Å². The normalized spacial score (nSPS) is 10.8. The highest BCUT2D eigenvalue weighted by Gasteiger charge is 2.14. The van der Waals surface area contributed by atoms with Gasteiger partial charge in [0.2, 0.25) is 5.91 Å². The summed E-state index contributed by atoms with van der Waals surface area (Å²) in [6.07, 6.45) is 0.150. The van der Waals surface area contributed by atoms with Crippen LogP contribution in [0.5, 0.6) is 0 Å². The van der Waals surface area contributed by atoms with Crippen LogP contribution in [0.15, 0.2) is 77.6 Å². The molecular weight excluding hydrogens is 386 g/mol. The van der Waals surface area contributed by atoms with Gasteiger partial charge in [-0.05, 0) is 30.7 Å². The first-order valence-electron chi connectivity index (χ1n) is 9.15. The van der Waals surface area contributed by atoms with E-state index in [-0.39, 0.29) is 17.9 Å². The molecule has 6 heteroatoms. The fourth-order valence-electron chi connectivity index (χ4n) is 3.14. The van der Waals surface area contributed by atoms with E-state index < -0.39 is 0 Å². The number of fused-ring (bicyclic) bond motifs is 1. The van der Waals surface area contributed by atoms with Crippen molar-refractivity contribution in [3.8, 4) is 11.3 Å². The lowest BCUT2D eigenvalue weighted by Gasteiger charge is -2.12. The molecule has 29 heavy (non-hydrogen) atoms. The molecule has 4 rings (SSSR count). The summed E-state index contributed by atoms with van der Waals surface area (Å²) < 4.78 is 0. The van der Waals surface area contributed by atoms with Gasteiger partial charge in [0.25, 0.3) is 5.56 Å². The number of rotatable bonds is 4. The van der Waals surface area contributed by atoms with Crippen molar-refractivity contribution < 1.29 is 4.79 Å². The quantitative estimate of drug-likeness (QED) is 0.551. The summed E-state index contributed by atoms with van der Waals surface area (Å²) in [6.45, 7) is 1.99. The molecule has 0 aliphatic carbocycles. The molecule has 0 aliphatic rings. The first-order chi connectivity index (χ1) is 14.0. The largest absolute Gasteiger partial charge is 0.294 e. The van der Waals surface area contributed by atoms with Crippen LogP contribution < -0.4 is 11.0 Å². The van der Waals surface area contributed by atoms with E-state index in [1.165, 1.54) is 0 Å². The Bertz CT molecular complexity index is 1250. The number of aryl methyl sites for hydroxylation is 1. The molecule has 0 saturated carbocycles. The van der Waals surface area contributed by atoms with Crippen LogP contribution >= 0.6 is 11.6 Å². The van der Waals surface area contributed by atoms with Crippen molar-refractivity contribution in [3.05, 3.63) is 99.3 Å². The molecule has 0 atom stereocenters. The summed E-state index contributed by atoms with van der Waals surface area (Å²) in [5.74, 6) is -0.319. The Kier molecular flexibility index (Phi) is 5.14.